The molecule has 2 atom stereocenters. The van der Waals surface area contributed by atoms with Crippen LogP contribution in [0.5, 0.6) is 0 Å². The van der Waals surface area contributed by atoms with Gasteiger partial charge in [-0.3, -0.25) is 9.78 Å². The van der Waals surface area contributed by atoms with Gasteiger partial charge in [0.15, 0.2) is 9.84 Å². The van der Waals surface area contributed by atoms with Crippen LogP contribution in [0.25, 0.3) is 0 Å². The lowest BCUT2D eigenvalue weighted by molar-refractivity contribution is -0.132. The van der Waals surface area contributed by atoms with Gasteiger partial charge in [0.05, 0.1) is 17.2 Å². The summed E-state index contributed by atoms with van der Waals surface area (Å²) in [7, 11) is -1.35. The molecule has 1 aromatic carbocycles. The Kier molecular flexibility index (Phi) is 4.90. The number of sulfone groups is 1. The van der Waals surface area contributed by atoms with E-state index in [1.165, 1.54) is 0 Å². The minimum absolute atomic E-state index is 0.0398. The quantitative estimate of drug-likeness (QED) is 0.840. The fourth-order valence-electron chi connectivity index (χ4n) is 3.21. The summed E-state index contributed by atoms with van der Waals surface area (Å²) in [5, 5.41) is 0. The van der Waals surface area contributed by atoms with Crippen LogP contribution in [0.3, 0.4) is 0 Å². The predicted octanol–water partition coefficient (Wildman–Crippen LogP) is 2.17. The molecule has 2 heterocycles. The number of aromatic nitrogens is 1. The summed E-state index contributed by atoms with van der Waals surface area (Å²) >= 11 is 0. The largest absolute Gasteiger partial charge is 0.341 e. The van der Waals surface area contributed by atoms with Crippen molar-refractivity contribution >= 4 is 15.7 Å². The van der Waals surface area contributed by atoms with Gasteiger partial charge in [-0.2, -0.15) is 0 Å². The number of hydrogen-bond acceptors (Lipinski definition) is 4. The van der Waals surface area contributed by atoms with Crippen LogP contribution in [0.2, 0.25) is 0 Å². The summed E-state index contributed by atoms with van der Waals surface area (Å²) in [5.41, 5.74) is 2.65. The molecule has 0 aliphatic carbocycles. The van der Waals surface area contributed by atoms with Gasteiger partial charge in [-0.1, -0.05) is 35.9 Å². The minimum atomic E-state index is -3.04. The molecule has 132 valence electrons. The Hall–Kier alpha value is -2.21. The van der Waals surface area contributed by atoms with Gasteiger partial charge in [0, 0.05) is 19.3 Å². The van der Waals surface area contributed by atoms with E-state index in [1.54, 1.807) is 18.1 Å². The number of amides is 1. The van der Waals surface area contributed by atoms with Gasteiger partial charge in [0.1, 0.15) is 5.92 Å². The summed E-state index contributed by atoms with van der Waals surface area (Å²) in [4.78, 5) is 19.2. The molecule has 5 nitrogen and oxygen atoms in total. The maximum absolute atomic E-state index is 13.2. The van der Waals surface area contributed by atoms with Gasteiger partial charge in [-0.25, -0.2) is 8.42 Å². The second-order valence-corrected chi connectivity index (χ2v) is 8.83. The first-order chi connectivity index (χ1) is 11.9. The second-order valence-electron chi connectivity index (χ2n) is 6.60. The lowest BCUT2D eigenvalue weighted by Gasteiger charge is -2.28. The molecule has 0 spiro atoms. The van der Waals surface area contributed by atoms with Crippen molar-refractivity contribution in [1.29, 1.82) is 0 Å². The molecule has 1 fully saturated rings. The van der Waals surface area contributed by atoms with Gasteiger partial charge < -0.3 is 4.90 Å². The van der Waals surface area contributed by atoms with E-state index >= 15 is 0 Å². The van der Waals surface area contributed by atoms with Gasteiger partial charge in [0.2, 0.25) is 5.91 Å². The zero-order valence-electron chi connectivity index (χ0n) is 14.4. The highest BCUT2D eigenvalue weighted by Crippen LogP contribution is 2.28. The Morgan fingerprint density at radius 1 is 1.20 bits per heavy atom. The molecule has 2 aromatic rings. The Morgan fingerprint density at radius 3 is 2.48 bits per heavy atom. The van der Waals surface area contributed by atoms with Crippen LogP contribution in [0, 0.1) is 6.92 Å². The molecular weight excluding hydrogens is 336 g/mol. The Bertz CT molecular complexity index is 848. The number of pyridine rings is 1. The zero-order chi connectivity index (χ0) is 18.0. The van der Waals surface area contributed by atoms with Crippen molar-refractivity contribution in [3.8, 4) is 0 Å². The number of carbonyl (C=O) groups is 1. The highest BCUT2D eigenvalue weighted by molar-refractivity contribution is 7.91. The molecule has 0 N–H and O–H groups in total. The van der Waals surface area contributed by atoms with Gasteiger partial charge in [-0.05, 0) is 31.0 Å². The topological polar surface area (TPSA) is 67.3 Å². The van der Waals surface area contributed by atoms with E-state index in [0.717, 1.165) is 11.1 Å². The summed E-state index contributed by atoms with van der Waals surface area (Å²) in [5.74, 6) is -0.466. The molecule has 6 heteroatoms. The van der Waals surface area contributed by atoms with E-state index in [0.29, 0.717) is 12.1 Å². The molecule has 0 radical (unpaired) electrons. The Balaban J connectivity index is 1.94. The number of rotatable bonds is 4. The number of likely N-dealkylation sites (N-methyl/N-ethyl adjacent to an activating group) is 1. The third-order valence-electron chi connectivity index (χ3n) is 4.74. The third kappa shape index (κ3) is 3.90. The SMILES string of the molecule is Cc1ccc(C(C(=O)N(C)C2CCS(=O)(=O)C2)c2ccccn2)cc1. The molecule has 0 bridgehead atoms. The molecule has 0 saturated carbocycles. The molecule has 1 aliphatic rings. The number of hydrogen-bond donors (Lipinski definition) is 0. The Labute approximate surface area is 148 Å². The van der Waals surface area contributed by atoms with Crippen molar-refractivity contribution in [3.05, 3.63) is 65.5 Å². The lowest BCUT2D eigenvalue weighted by atomic mass is 9.92. The summed E-state index contributed by atoms with van der Waals surface area (Å²) in [6.07, 6.45) is 2.16. The number of carbonyl (C=O) groups excluding carboxylic acids is 1. The van der Waals surface area contributed by atoms with Crippen molar-refractivity contribution < 1.29 is 13.2 Å². The van der Waals surface area contributed by atoms with Crippen LogP contribution >= 0.6 is 0 Å². The molecule has 25 heavy (non-hydrogen) atoms. The first-order valence-electron chi connectivity index (χ1n) is 8.32. The first-order valence-corrected chi connectivity index (χ1v) is 10.1. The smallest absolute Gasteiger partial charge is 0.236 e. The maximum atomic E-state index is 13.2. The number of nitrogens with zero attached hydrogens (tertiary/aromatic N) is 2. The van der Waals surface area contributed by atoms with Crippen LogP contribution in [0.4, 0.5) is 0 Å². The fraction of sp³-hybridized carbons (Fsp3) is 0.368. The van der Waals surface area contributed by atoms with Gasteiger partial charge >= 0.3 is 0 Å². The average molecular weight is 358 g/mol. The minimum Gasteiger partial charge on any atom is -0.341 e. The van der Waals surface area contributed by atoms with Crippen LogP contribution in [-0.2, 0) is 14.6 Å². The molecule has 1 aliphatic heterocycles. The maximum Gasteiger partial charge on any atom is 0.236 e. The average Bonchev–Trinajstić information content (AvgIpc) is 2.97. The van der Waals surface area contributed by atoms with Crippen LogP contribution < -0.4 is 0 Å². The van der Waals surface area contributed by atoms with Crippen molar-refractivity contribution in [2.75, 3.05) is 18.6 Å². The van der Waals surface area contributed by atoms with Crippen LogP contribution in [0.15, 0.2) is 48.7 Å². The molecule has 1 amide bonds. The number of benzene rings is 1. The van der Waals surface area contributed by atoms with Crippen molar-refractivity contribution in [3.63, 3.8) is 0 Å². The van der Waals surface area contributed by atoms with Crippen molar-refractivity contribution in [2.45, 2.75) is 25.3 Å². The summed E-state index contributed by atoms with van der Waals surface area (Å²) in [6.45, 7) is 2.00. The molecular formula is C19H22N2O3S. The number of aryl methyl sites for hydroxylation is 1. The fourth-order valence-corrected chi connectivity index (χ4v) is 4.98. The van der Waals surface area contributed by atoms with Crippen LogP contribution in [-0.4, -0.2) is 48.8 Å². The van der Waals surface area contributed by atoms with E-state index in [1.807, 2.05) is 49.4 Å². The zero-order valence-corrected chi connectivity index (χ0v) is 15.2. The molecule has 3 rings (SSSR count). The first kappa shape index (κ1) is 17.6. The van der Waals surface area contributed by atoms with E-state index in [4.69, 9.17) is 0 Å². The van der Waals surface area contributed by atoms with E-state index in [9.17, 15) is 13.2 Å². The van der Waals surface area contributed by atoms with E-state index in [2.05, 4.69) is 4.98 Å². The lowest BCUT2D eigenvalue weighted by Crippen LogP contribution is -2.41. The second kappa shape index (κ2) is 6.96. The summed E-state index contributed by atoms with van der Waals surface area (Å²) in [6, 6.07) is 13.1. The molecule has 1 aromatic heterocycles. The van der Waals surface area contributed by atoms with Crippen LogP contribution in [0.1, 0.15) is 29.2 Å². The van der Waals surface area contributed by atoms with E-state index < -0.39 is 15.8 Å². The highest BCUT2D eigenvalue weighted by Gasteiger charge is 2.36. The van der Waals surface area contributed by atoms with Crippen molar-refractivity contribution in [2.24, 2.45) is 0 Å². The standard InChI is InChI=1S/C19H22N2O3S/c1-14-6-8-15(9-7-14)18(17-5-3-4-11-20-17)19(22)21(2)16-10-12-25(23,24)13-16/h3-9,11,16,18H,10,12-13H2,1-2H3. The Morgan fingerprint density at radius 2 is 1.92 bits per heavy atom. The van der Waals surface area contributed by atoms with Gasteiger partial charge in [0.25, 0.3) is 0 Å². The molecule has 2 unspecified atom stereocenters. The highest BCUT2D eigenvalue weighted by atomic mass is 32.2. The molecule has 1 saturated heterocycles. The van der Waals surface area contributed by atoms with E-state index in [-0.39, 0.29) is 23.5 Å². The van der Waals surface area contributed by atoms with Crippen molar-refractivity contribution in [1.82, 2.24) is 9.88 Å². The van der Waals surface area contributed by atoms with Gasteiger partial charge in [-0.15, -0.1) is 0 Å². The normalized spacial score (nSPS) is 20.2. The summed E-state index contributed by atoms with van der Waals surface area (Å²) < 4.78 is 23.5. The predicted molar refractivity (Wildman–Crippen MR) is 97.1 cm³/mol. The third-order valence-corrected chi connectivity index (χ3v) is 6.50. The monoisotopic (exact) mass is 358 g/mol.